The lowest BCUT2D eigenvalue weighted by Crippen LogP contribution is -2.14. The summed E-state index contributed by atoms with van der Waals surface area (Å²) in [5.74, 6) is -0.643. The monoisotopic (exact) mass is 140 g/mol. The molecule has 0 aromatic heterocycles. The number of carbonyl (C=O) groups excluding carboxylic acids is 2. The van der Waals surface area contributed by atoms with E-state index in [0.29, 0.717) is 0 Å². The van der Waals surface area contributed by atoms with Crippen LogP contribution in [-0.2, 0) is 9.59 Å². The Labute approximate surface area is 57.8 Å². The Morgan fingerprint density at radius 2 is 2.20 bits per heavy atom. The standard InChI is InChI=1S/C6H6NO3/c8-5-3-1-2-4-6(9)7-10/h1-4,10H,(H,7,9). The van der Waals surface area contributed by atoms with Gasteiger partial charge >= 0.3 is 0 Å². The van der Waals surface area contributed by atoms with Crippen molar-refractivity contribution < 1.29 is 14.8 Å². The van der Waals surface area contributed by atoms with Crippen LogP contribution in [0.5, 0.6) is 0 Å². The number of rotatable bonds is 3. The van der Waals surface area contributed by atoms with Gasteiger partial charge in [-0.2, -0.15) is 0 Å². The highest BCUT2D eigenvalue weighted by Gasteiger charge is 1.84. The van der Waals surface area contributed by atoms with Gasteiger partial charge in [0.05, 0.1) is 0 Å². The second-order valence-corrected chi connectivity index (χ2v) is 1.31. The van der Waals surface area contributed by atoms with Crippen LogP contribution in [0, 0.1) is 0 Å². The zero-order valence-corrected chi connectivity index (χ0v) is 5.07. The van der Waals surface area contributed by atoms with Gasteiger partial charge in [-0.05, 0) is 6.08 Å². The molecule has 1 amide bonds. The van der Waals surface area contributed by atoms with Crippen LogP contribution < -0.4 is 5.48 Å². The van der Waals surface area contributed by atoms with Crippen LogP contribution in [0.1, 0.15) is 0 Å². The van der Waals surface area contributed by atoms with E-state index in [0.717, 1.165) is 12.2 Å². The summed E-state index contributed by atoms with van der Waals surface area (Å²) >= 11 is 0. The molecule has 0 unspecified atom stereocenters. The van der Waals surface area contributed by atoms with Gasteiger partial charge in [0.15, 0.2) is 0 Å². The van der Waals surface area contributed by atoms with E-state index in [1.807, 2.05) is 0 Å². The molecule has 0 aliphatic heterocycles. The van der Waals surface area contributed by atoms with Crippen molar-refractivity contribution in [3.8, 4) is 0 Å². The molecule has 0 fully saturated rings. The Hall–Kier alpha value is -1.42. The molecule has 0 saturated heterocycles. The van der Waals surface area contributed by atoms with E-state index < -0.39 is 5.91 Å². The van der Waals surface area contributed by atoms with Gasteiger partial charge in [0, 0.05) is 6.08 Å². The minimum atomic E-state index is -0.643. The minimum Gasteiger partial charge on any atom is -0.288 e. The molecule has 2 N–H and O–H groups in total. The average Bonchev–Trinajstić information content (AvgIpc) is 1.98. The van der Waals surface area contributed by atoms with Crippen LogP contribution in [0.3, 0.4) is 0 Å². The third kappa shape index (κ3) is 4.73. The SMILES string of the molecule is O=[C]C=CC=CC(=O)NO. The van der Waals surface area contributed by atoms with Crippen molar-refractivity contribution in [2.75, 3.05) is 0 Å². The molecule has 4 nitrogen and oxygen atoms in total. The number of amides is 1. The zero-order valence-electron chi connectivity index (χ0n) is 5.07. The molecule has 10 heavy (non-hydrogen) atoms. The molecule has 1 radical (unpaired) electrons. The van der Waals surface area contributed by atoms with Crippen molar-refractivity contribution in [1.82, 2.24) is 5.48 Å². The predicted molar refractivity (Wildman–Crippen MR) is 33.9 cm³/mol. The van der Waals surface area contributed by atoms with Gasteiger partial charge in [0.1, 0.15) is 0 Å². The summed E-state index contributed by atoms with van der Waals surface area (Å²) in [6, 6.07) is 0. The topological polar surface area (TPSA) is 66.4 Å². The van der Waals surface area contributed by atoms with Crippen molar-refractivity contribution in [1.29, 1.82) is 0 Å². The molecular weight excluding hydrogens is 134 g/mol. The lowest BCUT2D eigenvalue weighted by atomic mass is 10.4. The molecule has 0 bridgehead atoms. The number of allylic oxidation sites excluding steroid dienone is 3. The van der Waals surface area contributed by atoms with Crippen molar-refractivity contribution in [2.45, 2.75) is 0 Å². The highest BCUT2D eigenvalue weighted by molar-refractivity contribution is 5.86. The van der Waals surface area contributed by atoms with Crippen molar-refractivity contribution >= 4 is 12.2 Å². The average molecular weight is 140 g/mol. The molecule has 0 aliphatic rings. The molecule has 0 heterocycles. The molecule has 53 valence electrons. The highest BCUT2D eigenvalue weighted by atomic mass is 16.5. The second kappa shape index (κ2) is 5.71. The normalized spacial score (nSPS) is 10.5. The summed E-state index contributed by atoms with van der Waals surface area (Å²) in [5.41, 5.74) is 1.38. The third-order valence-electron chi connectivity index (χ3n) is 0.633. The van der Waals surface area contributed by atoms with Gasteiger partial charge < -0.3 is 0 Å². The van der Waals surface area contributed by atoms with Crippen molar-refractivity contribution in [3.63, 3.8) is 0 Å². The zero-order chi connectivity index (χ0) is 7.82. The minimum absolute atomic E-state index is 0.643. The Bertz CT molecular complexity index is 172. The Kier molecular flexibility index (Phi) is 4.90. The summed E-state index contributed by atoms with van der Waals surface area (Å²) in [4.78, 5) is 19.7. The third-order valence-corrected chi connectivity index (χ3v) is 0.633. The predicted octanol–water partition coefficient (Wildman–Crippen LogP) is -0.286. The van der Waals surface area contributed by atoms with E-state index in [1.165, 1.54) is 23.9 Å². The number of hydrogen-bond donors (Lipinski definition) is 2. The first-order valence-electron chi connectivity index (χ1n) is 2.46. The second-order valence-electron chi connectivity index (χ2n) is 1.31. The Morgan fingerprint density at radius 3 is 2.70 bits per heavy atom. The van der Waals surface area contributed by atoms with E-state index in [2.05, 4.69) is 0 Å². The number of nitrogens with one attached hydrogen (secondary N) is 1. The number of hydrogen-bond acceptors (Lipinski definition) is 3. The van der Waals surface area contributed by atoms with Gasteiger partial charge in [-0.25, -0.2) is 5.48 Å². The maximum Gasteiger partial charge on any atom is 0.267 e. The first-order valence-corrected chi connectivity index (χ1v) is 2.46. The van der Waals surface area contributed by atoms with Gasteiger partial charge in [-0.3, -0.25) is 14.8 Å². The van der Waals surface area contributed by atoms with E-state index in [-0.39, 0.29) is 0 Å². The fraction of sp³-hybridized carbons (Fsp3) is 0. The molecule has 0 aliphatic carbocycles. The van der Waals surface area contributed by atoms with Crippen molar-refractivity contribution in [3.05, 3.63) is 24.3 Å². The van der Waals surface area contributed by atoms with E-state index in [4.69, 9.17) is 5.21 Å². The maximum absolute atomic E-state index is 10.2. The molecular formula is C6H6NO3. The van der Waals surface area contributed by atoms with E-state index >= 15 is 0 Å². The van der Waals surface area contributed by atoms with E-state index in [9.17, 15) is 9.59 Å². The van der Waals surface area contributed by atoms with Crippen LogP contribution in [0.2, 0.25) is 0 Å². The molecule has 0 aromatic rings. The maximum atomic E-state index is 10.2. The van der Waals surface area contributed by atoms with Crippen LogP contribution in [-0.4, -0.2) is 17.4 Å². The highest BCUT2D eigenvalue weighted by Crippen LogP contribution is 1.74. The molecule has 0 saturated carbocycles. The number of hydroxylamine groups is 1. The molecule has 0 spiro atoms. The summed E-state index contributed by atoms with van der Waals surface area (Å²) in [6.45, 7) is 0. The first kappa shape index (κ1) is 8.58. The van der Waals surface area contributed by atoms with Crippen LogP contribution in [0.25, 0.3) is 0 Å². The summed E-state index contributed by atoms with van der Waals surface area (Å²) in [5, 5.41) is 7.94. The number of carbonyl (C=O) groups is 1. The lowest BCUT2D eigenvalue weighted by molar-refractivity contribution is -0.124. The molecule has 0 aromatic carbocycles. The Balaban J connectivity index is 3.65. The molecule has 4 heteroatoms. The van der Waals surface area contributed by atoms with Gasteiger partial charge in [-0.15, -0.1) is 0 Å². The van der Waals surface area contributed by atoms with Crippen molar-refractivity contribution in [2.24, 2.45) is 0 Å². The fourth-order valence-electron chi connectivity index (χ4n) is 0.275. The van der Waals surface area contributed by atoms with Crippen LogP contribution >= 0.6 is 0 Å². The quantitative estimate of drug-likeness (QED) is 0.245. The summed E-state index contributed by atoms with van der Waals surface area (Å²) < 4.78 is 0. The largest absolute Gasteiger partial charge is 0.288 e. The summed E-state index contributed by atoms with van der Waals surface area (Å²) in [7, 11) is 0. The smallest absolute Gasteiger partial charge is 0.267 e. The summed E-state index contributed by atoms with van der Waals surface area (Å²) in [6.07, 6.45) is 6.27. The van der Waals surface area contributed by atoms with Crippen LogP contribution in [0.15, 0.2) is 24.3 Å². The van der Waals surface area contributed by atoms with Gasteiger partial charge in [-0.1, -0.05) is 12.2 Å². The fourth-order valence-corrected chi connectivity index (χ4v) is 0.275. The molecule has 0 rings (SSSR count). The van der Waals surface area contributed by atoms with Gasteiger partial charge in [0.2, 0.25) is 6.29 Å². The van der Waals surface area contributed by atoms with Gasteiger partial charge in [0.25, 0.3) is 5.91 Å². The van der Waals surface area contributed by atoms with E-state index in [1.54, 1.807) is 0 Å². The lowest BCUT2D eigenvalue weighted by Gasteiger charge is -1.83. The Morgan fingerprint density at radius 1 is 1.50 bits per heavy atom. The first-order chi connectivity index (χ1) is 4.81. The van der Waals surface area contributed by atoms with Crippen LogP contribution in [0.4, 0.5) is 0 Å². The molecule has 0 atom stereocenters.